The van der Waals surface area contributed by atoms with Gasteiger partial charge in [0, 0.05) is 24.7 Å². The molecule has 0 spiro atoms. The van der Waals surface area contributed by atoms with Crippen LogP contribution in [0.15, 0.2) is 89.5 Å². The van der Waals surface area contributed by atoms with Gasteiger partial charge in [-0.25, -0.2) is 0 Å². The van der Waals surface area contributed by atoms with E-state index in [1.807, 2.05) is 79.8 Å². The van der Waals surface area contributed by atoms with Gasteiger partial charge in [-0.3, -0.25) is 9.69 Å². The maximum atomic E-state index is 11.8. The molecule has 1 heterocycles. The summed E-state index contributed by atoms with van der Waals surface area (Å²) in [6.45, 7) is 0.649. The fourth-order valence-electron chi connectivity index (χ4n) is 3.56. The van der Waals surface area contributed by atoms with Crippen LogP contribution < -0.4 is 5.32 Å². The predicted octanol–water partition coefficient (Wildman–Crippen LogP) is 4.32. The van der Waals surface area contributed by atoms with Crippen molar-refractivity contribution in [3.8, 4) is 11.4 Å². The molecule has 0 saturated heterocycles. The topological polar surface area (TPSA) is 71.3 Å². The maximum Gasteiger partial charge on any atom is 0.251 e. The second kappa shape index (κ2) is 9.36. The van der Waals surface area contributed by atoms with E-state index in [1.54, 1.807) is 7.05 Å². The molecule has 1 unspecified atom stereocenters. The molecule has 156 valence electrons. The van der Waals surface area contributed by atoms with Crippen LogP contribution >= 0.6 is 0 Å². The Balaban J connectivity index is 1.61. The van der Waals surface area contributed by atoms with Crippen LogP contribution in [0.2, 0.25) is 0 Å². The number of aromatic nitrogens is 2. The Morgan fingerprint density at radius 2 is 1.61 bits per heavy atom. The summed E-state index contributed by atoms with van der Waals surface area (Å²) in [6, 6.07) is 27.3. The van der Waals surface area contributed by atoms with E-state index in [-0.39, 0.29) is 11.9 Å². The molecule has 1 atom stereocenters. The van der Waals surface area contributed by atoms with Gasteiger partial charge < -0.3 is 9.84 Å². The first-order valence-corrected chi connectivity index (χ1v) is 10.1. The number of rotatable bonds is 7. The molecule has 3 aromatic carbocycles. The van der Waals surface area contributed by atoms with Gasteiger partial charge in [0.2, 0.25) is 11.7 Å². The van der Waals surface area contributed by atoms with E-state index in [1.165, 1.54) is 0 Å². The van der Waals surface area contributed by atoms with E-state index in [0.717, 1.165) is 16.7 Å². The molecule has 4 rings (SSSR count). The molecular formula is C25H24N4O2. The Morgan fingerprint density at radius 1 is 0.968 bits per heavy atom. The van der Waals surface area contributed by atoms with Gasteiger partial charge in [-0.15, -0.1) is 0 Å². The van der Waals surface area contributed by atoms with E-state index in [9.17, 15) is 4.79 Å². The summed E-state index contributed by atoms with van der Waals surface area (Å²) in [6.07, 6.45) is 0. The van der Waals surface area contributed by atoms with E-state index < -0.39 is 0 Å². The Bertz CT molecular complexity index is 1130. The summed E-state index contributed by atoms with van der Waals surface area (Å²) in [5, 5.41) is 6.85. The van der Waals surface area contributed by atoms with Crippen molar-refractivity contribution in [3.05, 3.63) is 108 Å². The maximum absolute atomic E-state index is 11.8. The SMILES string of the molecule is CNC(=O)c1ccc(CN(C)C(c2ccccc2)c2nc(-c3ccccc3)no2)cc1. The first-order valence-electron chi connectivity index (χ1n) is 10.1. The molecule has 0 aliphatic heterocycles. The van der Waals surface area contributed by atoms with Crippen LogP contribution in [0.3, 0.4) is 0 Å². The Labute approximate surface area is 181 Å². The quantitative estimate of drug-likeness (QED) is 0.490. The van der Waals surface area contributed by atoms with Crippen LogP contribution in [0.25, 0.3) is 11.4 Å². The molecule has 0 saturated carbocycles. The molecule has 0 bridgehead atoms. The van der Waals surface area contributed by atoms with Crippen molar-refractivity contribution in [1.82, 2.24) is 20.4 Å². The first-order chi connectivity index (χ1) is 15.2. The summed E-state index contributed by atoms with van der Waals surface area (Å²) in [5.41, 5.74) is 3.70. The average Bonchev–Trinajstić information content (AvgIpc) is 3.30. The third kappa shape index (κ3) is 4.70. The summed E-state index contributed by atoms with van der Waals surface area (Å²) >= 11 is 0. The molecule has 6 nitrogen and oxygen atoms in total. The predicted molar refractivity (Wildman–Crippen MR) is 119 cm³/mol. The lowest BCUT2D eigenvalue weighted by Gasteiger charge is -2.25. The zero-order valence-electron chi connectivity index (χ0n) is 17.5. The van der Waals surface area contributed by atoms with Gasteiger partial charge in [0.05, 0.1) is 0 Å². The molecule has 0 aliphatic rings. The molecule has 0 radical (unpaired) electrons. The van der Waals surface area contributed by atoms with Crippen LogP contribution in [-0.2, 0) is 6.54 Å². The van der Waals surface area contributed by atoms with Crippen molar-refractivity contribution in [1.29, 1.82) is 0 Å². The molecule has 1 N–H and O–H groups in total. The average molecular weight is 412 g/mol. The normalized spacial score (nSPS) is 12.0. The molecule has 4 aromatic rings. The highest BCUT2D eigenvalue weighted by atomic mass is 16.5. The number of hydrogen-bond acceptors (Lipinski definition) is 5. The van der Waals surface area contributed by atoms with Gasteiger partial charge in [0.1, 0.15) is 6.04 Å². The fraction of sp³-hybridized carbons (Fsp3) is 0.160. The van der Waals surface area contributed by atoms with E-state index >= 15 is 0 Å². The highest BCUT2D eigenvalue weighted by Gasteiger charge is 2.26. The van der Waals surface area contributed by atoms with Crippen LogP contribution in [0.5, 0.6) is 0 Å². The zero-order valence-corrected chi connectivity index (χ0v) is 17.5. The first kappa shape index (κ1) is 20.5. The van der Waals surface area contributed by atoms with Gasteiger partial charge in [-0.2, -0.15) is 4.98 Å². The second-order valence-electron chi connectivity index (χ2n) is 7.33. The van der Waals surface area contributed by atoms with Gasteiger partial charge in [-0.1, -0.05) is 78.0 Å². The molecule has 31 heavy (non-hydrogen) atoms. The monoisotopic (exact) mass is 412 g/mol. The number of hydrogen-bond donors (Lipinski definition) is 1. The Morgan fingerprint density at radius 3 is 2.26 bits per heavy atom. The summed E-state index contributed by atoms with van der Waals surface area (Å²) in [4.78, 5) is 18.7. The molecular weight excluding hydrogens is 388 g/mol. The van der Waals surface area contributed by atoms with E-state index in [2.05, 4.69) is 27.5 Å². The zero-order chi connectivity index (χ0) is 21.6. The largest absolute Gasteiger partial charge is 0.355 e. The van der Waals surface area contributed by atoms with Gasteiger partial charge in [0.25, 0.3) is 5.91 Å². The minimum Gasteiger partial charge on any atom is -0.355 e. The van der Waals surface area contributed by atoms with Gasteiger partial charge in [0.15, 0.2) is 0 Å². The highest BCUT2D eigenvalue weighted by molar-refractivity contribution is 5.93. The number of benzene rings is 3. The Kier molecular flexibility index (Phi) is 6.19. The van der Waals surface area contributed by atoms with Crippen molar-refractivity contribution >= 4 is 5.91 Å². The van der Waals surface area contributed by atoms with Gasteiger partial charge >= 0.3 is 0 Å². The van der Waals surface area contributed by atoms with E-state index in [4.69, 9.17) is 9.51 Å². The lowest BCUT2D eigenvalue weighted by Crippen LogP contribution is -2.25. The number of carbonyl (C=O) groups is 1. The number of nitrogens with one attached hydrogen (secondary N) is 1. The smallest absolute Gasteiger partial charge is 0.251 e. The number of nitrogens with zero attached hydrogens (tertiary/aromatic N) is 3. The fourth-order valence-corrected chi connectivity index (χ4v) is 3.56. The van der Waals surface area contributed by atoms with Crippen LogP contribution in [0, 0.1) is 0 Å². The Hall–Kier alpha value is -3.77. The minimum absolute atomic E-state index is 0.0960. The van der Waals surface area contributed by atoms with Crippen molar-refractivity contribution in [3.63, 3.8) is 0 Å². The standard InChI is InChI=1S/C25H24N4O2/c1-26-24(30)21-15-13-18(14-16-21)17-29(2)22(19-9-5-3-6-10-19)25-27-23(28-31-25)20-11-7-4-8-12-20/h3-16,22H,17H2,1-2H3,(H,26,30). The third-order valence-corrected chi connectivity index (χ3v) is 5.14. The van der Waals surface area contributed by atoms with Crippen LogP contribution in [0.4, 0.5) is 0 Å². The second-order valence-corrected chi connectivity index (χ2v) is 7.33. The minimum atomic E-state index is -0.204. The van der Waals surface area contributed by atoms with Crippen molar-refractivity contribution in [2.45, 2.75) is 12.6 Å². The third-order valence-electron chi connectivity index (χ3n) is 5.14. The van der Waals surface area contributed by atoms with Gasteiger partial charge in [-0.05, 0) is 30.3 Å². The number of amides is 1. The summed E-state index contributed by atoms with van der Waals surface area (Å²) in [7, 11) is 3.65. The molecule has 1 amide bonds. The van der Waals surface area contributed by atoms with E-state index in [0.29, 0.717) is 23.8 Å². The molecule has 6 heteroatoms. The number of carbonyl (C=O) groups excluding carboxylic acids is 1. The van der Waals surface area contributed by atoms with Crippen LogP contribution in [0.1, 0.15) is 33.4 Å². The molecule has 1 aromatic heterocycles. The lowest BCUT2D eigenvalue weighted by molar-refractivity contribution is 0.0963. The highest BCUT2D eigenvalue weighted by Crippen LogP contribution is 2.29. The molecule has 0 aliphatic carbocycles. The van der Waals surface area contributed by atoms with Crippen molar-refractivity contribution < 1.29 is 9.32 Å². The van der Waals surface area contributed by atoms with Crippen molar-refractivity contribution in [2.75, 3.05) is 14.1 Å². The van der Waals surface area contributed by atoms with Crippen molar-refractivity contribution in [2.24, 2.45) is 0 Å². The summed E-state index contributed by atoms with van der Waals surface area (Å²) in [5.74, 6) is 1.01. The van der Waals surface area contributed by atoms with Crippen LogP contribution in [-0.4, -0.2) is 35.0 Å². The molecule has 0 fully saturated rings. The lowest BCUT2D eigenvalue weighted by atomic mass is 10.0. The summed E-state index contributed by atoms with van der Waals surface area (Å²) < 4.78 is 5.70.